The van der Waals surface area contributed by atoms with Crippen LogP contribution in [0.4, 0.5) is 11.4 Å². The Morgan fingerprint density at radius 3 is 2.67 bits per heavy atom. The van der Waals surface area contributed by atoms with Gasteiger partial charge in [-0.1, -0.05) is 29.8 Å². The molecule has 0 radical (unpaired) electrons. The van der Waals surface area contributed by atoms with Crippen molar-refractivity contribution in [3.63, 3.8) is 0 Å². The Labute approximate surface area is 146 Å². The van der Waals surface area contributed by atoms with Crippen LogP contribution < -0.4 is 15.0 Å². The lowest BCUT2D eigenvalue weighted by Crippen LogP contribution is -2.37. The largest absolute Gasteiger partial charge is 0.496 e. The number of morpholine rings is 1. The highest BCUT2D eigenvalue weighted by atomic mass is 35.5. The van der Waals surface area contributed by atoms with Gasteiger partial charge in [0.05, 0.1) is 42.3 Å². The molecule has 0 bridgehead atoms. The number of carbonyl (C=O) groups is 1. The van der Waals surface area contributed by atoms with Gasteiger partial charge in [0.2, 0.25) is 0 Å². The molecule has 0 spiro atoms. The van der Waals surface area contributed by atoms with Gasteiger partial charge in [-0.2, -0.15) is 0 Å². The Morgan fingerprint density at radius 2 is 1.92 bits per heavy atom. The average molecular weight is 347 g/mol. The third-order valence-corrected chi connectivity index (χ3v) is 4.22. The summed E-state index contributed by atoms with van der Waals surface area (Å²) in [6, 6.07) is 12.6. The van der Waals surface area contributed by atoms with E-state index in [2.05, 4.69) is 10.2 Å². The van der Waals surface area contributed by atoms with E-state index in [-0.39, 0.29) is 5.91 Å². The highest BCUT2D eigenvalue weighted by Gasteiger charge is 2.20. The van der Waals surface area contributed by atoms with Gasteiger partial charge in [0.1, 0.15) is 5.75 Å². The molecule has 0 aromatic heterocycles. The molecule has 2 aromatic rings. The first-order valence-corrected chi connectivity index (χ1v) is 8.14. The summed E-state index contributed by atoms with van der Waals surface area (Å²) in [6.07, 6.45) is 0. The molecule has 1 saturated heterocycles. The average Bonchev–Trinajstić information content (AvgIpc) is 2.62. The smallest absolute Gasteiger partial charge is 0.259 e. The minimum Gasteiger partial charge on any atom is -0.496 e. The number of hydrogen-bond donors (Lipinski definition) is 1. The van der Waals surface area contributed by atoms with Gasteiger partial charge in [-0.15, -0.1) is 0 Å². The number of rotatable bonds is 4. The lowest BCUT2D eigenvalue weighted by atomic mass is 10.1. The highest BCUT2D eigenvalue weighted by molar-refractivity contribution is 6.34. The van der Waals surface area contributed by atoms with Crippen LogP contribution in [0.1, 0.15) is 10.4 Å². The van der Waals surface area contributed by atoms with Crippen molar-refractivity contribution in [1.29, 1.82) is 0 Å². The molecule has 6 heteroatoms. The molecule has 0 aliphatic carbocycles. The number of carbonyl (C=O) groups excluding carboxylic acids is 1. The topological polar surface area (TPSA) is 50.8 Å². The normalized spacial score (nSPS) is 14.3. The SMILES string of the molecule is COc1ccccc1C(=O)Nc1cccc(Cl)c1N1CCOCC1. The molecule has 1 aliphatic heterocycles. The third-order valence-electron chi connectivity index (χ3n) is 3.91. The molecule has 3 rings (SSSR count). The summed E-state index contributed by atoms with van der Waals surface area (Å²) >= 11 is 6.39. The summed E-state index contributed by atoms with van der Waals surface area (Å²) in [6.45, 7) is 2.76. The molecular formula is C18H19ClN2O3. The van der Waals surface area contributed by atoms with Crippen molar-refractivity contribution in [3.05, 3.63) is 53.1 Å². The standard InChI is InChI=1S/C18H19ClN2O3/c1-23-16-8-3-2-5-13(16)18(22)20-15-7-4-6-14(19)17(15)21-9-11-24-12-10-21/h2-8H,9-12H2,1H3,(H,20,22). The van der Waals surface area contributed by atoms with E-state index >= 15 is 0 Å². The summed E-state index contributed by atoms with van der Waals surface area (Å²) in [7, 11) is 1.55. The maximum atomic E-state index is 12.7. The van der Waals surface area contributed by atoms with E-state index in [9.17, 15) is 4.79 Å². The van der Waals surface area contributed by atoms with Gasteiger partial charge in [-0.05, 0) is 24.3 Å². The van der Waals surface area contributed by atoms with Crippen LogP contribution in [0.25, 0.3) is 0 Å². The molecule has 126 valence electrons. The Balaban J connectivity index is 1.89. The molecule has 0 saturated carbocycles. The molecule has 1 amide bonds. The zero-order chi connectivity index (χ0) is 16.9. The van der Waals surface area contributed by atoms with E-state index in [0.717, 1.165) is 18.8 Å². The second-order valence-corrected chi connectivity index (χ2v) is 5.80. The molecule has 5 nitrogen and oxygen atoms in total. The number of methoxy groups -OCH3 is 1. The lowest BCUT2D eigenvalue weighted by Gasteiger charge is -2.31. The molecule has 24 heavy (non-hydrogen) atoms. The molecular weight excluding hydrogens is 328 g/mol. The zero-order valence-corrected chi connectivity index (χ0v) is 14.2. The first-order chi connectivity index (χ1) is 11.7. The quantitative estimate of drug-likeness (QED) is 0.921. The van der Waals surface area contributed by atoms with Crippen LogP contribution in [0.5, 0.6) is 5.75 Å². The monoisotopic (exact) mass is 346 g/mol. The second kappa shape index (κ2) is 7.55. The van der Waals surface area contributed by atoms with Crippen molar-refractivity contribution in [3.8, 4) is 5.75 Å². The van der Waals surface area contributed by atoms with Crippen LogP contribution in [0.3, 0.4) is 0 Å². The summed E-state index contributed by atoms with van der Waals surface area (Å²) in [5, 5.41) is 3.56. The van der Waals surface area contributed by atoms with E-state index in [1.54, 1.807) is 25.3 Å². The van der Waals surface area contributed by atoms with Gasteiger partial charge in [0, 0.05) is 13.1 Å². The number of anilines is 2. The first kappa shape index (κ1) is 16.6. The Kier molecular flexibility index (Phi) is 5.23. The van der Waals surface area contributed by atoms with Crippen LogP contribution >= 0.6 is 11.6 Å². The summed E-state index contributed by atoms with van der Waals surface area (Å²) in [5.74, 6) is 0.300. The van der Waals surface area contributed by atoms with E-state index < -0.39 is 0 Å². The number of amides is 1. The van der Waals surface area contributed by atoms with Gasteiger partial charge in [0.15, 0.2) is 0 Å². The summed E-state index contributed by atoms with van der Waals surface area (Å²) in [5.41, 5.74) is 1.99. The predicted molar refractivity (Wildman–Crippen MR) is 95.4 cm³/mol. The van der Waals surface area contributed by atoms with Gasteiger partial charge in [-0.25, -0.2) is 0 Å². The van der Waals surface area contributed by atoms with Crippen LogP contribution in [0.2, 0.25) is 5.02 Å². The number of nitrogens with one attached hydrogen (secondary N) is 1. The summed E-state index contributed by atoms with van der Waals surface area (Å²) < 4.78 is 10.7. The number of ether oxygens (including phenoxy) is 2. The van der Waals surface area contributed by atoms with Gasteiger partial charge < -0.3 is 19.7 Å². The number of halogens is 1. The molecule has 1 heterocycles. The van der Waals surface area contributed by atoms with E-state index in [1.165, 1.54) is 0 Å². The van der Waals surface area contributed by atoms with Gasteiger partial charge in [0.25, 0.3) is 5.91 Å². The molecule has 1 N–H and O–H groups in total. The molecule has 0 unspecified atom stereocenters. The Morgan fingerprint density at radius 1 is 1.17 bits per heavy atom. The fourth-order valence-electron chi connectivity index (χ4n) is 2.75. The van der Waals surface area contributed by atoms with Gasteiger partial charge >= 0.3 is 0 Å². The van der Waals surface area contributed by atoms with Crippen LogP contribution in [0, 0.1) is 0 Å². The lowest BCUT2D eigenvalue weighted by molar-refractivity contribution is 0.102. The van der Waals surface area contributed by atoms with Crippen molar-refractivity contribution in [2.75, 3.05) is 43.6 Å². The maximum Gasteiger partial charge on any atom is 0.259 e. The minimum absolute atomic E-state index is 0.232. The minimum atomic E-state index is -0.232. The fraction of sp³-hybridized carbons (Fsp3) is 0.278. The van der Waals surface area contributed by atoms with Crippen LogP contribution in [-0.2, 0) is 4.74 Å². The van der Waals surface area contributed by atoms with Crippen LogP contribution in [0.15, 0.2) is 42.5 Å². The number of benzene rings is 2. The third kappa shape index (κ3) is 3.47. The number of hydrogen-bond acceptors (Lipinski definition) is 4. The number of nitrogens with zero attached hydrogens (tertiary/aromatic N) is 1. The predicted octanol–water partition coefficient (Wildman–Crippen LogP) is 3.44. The zero-order valence-electron chi connectivity index (χ0n) is 13.4. The van der Waals surface area contributed by atoms with Crippen molar-refractivity contribution in [1.82, 2.24) is 0 Å². The highest BCUT2D eigenvalue weighted by Crippen LogP contribution is 2.35. The Hall–Kier alpha value is -2.24. The van der Waals surface area contributed by atoms with Crippen LogP contribution in [-0.4, -0.2) is 39.3 Å². The molecule has 2 aromatic carbocycles. The van der Waals surface area contributed by atoms with Crippen molar-refractivity contribution < 1.29 is 14.3 Å². The van der Waals surface area contributed by atoms with Crippen molar-refractivity contribution in [2.45, 2.75) is 0 Å². The van der Waals surface area contributed by atoms with Crippen molar-refractivity contribution >= 4 is 28.9 Å². The molecule has 1 fully saturated rings. The molecule has 0 atom stereocenters. The maximum absolute atomic E-state index is 12.7. The number of para-hydroxylation sites is 2. The summed E-state index contributed by atoms with van der Waals surface area (Å²) in [4.78, 5) is 14.8. The first-order valence-electron chi connectivity index (χ1n) is 7.76. The fourth-order valence-corrected chi connectivity index (χ4v) is 3.04. The van der Waals surface area contributed by atoms with Crippen molar-refractivity contribution in [2.24, 2.45) is 0 Å². The van der Waals surface area contributed by atoms with Gasteiger partial charge in [-0.3, -0.25) is 4.79 Å². The van der Waals surface area contributed by atoms with E-state index in [4.69, 9.17) is 21.1 Å². The second-order valence-electron chi connectivity index (χ2n) is 5.39. The van der Waals surface area contributed by atoms with E-state index in [0.29, 0.717) is 35.2 Å². The Bertz CT molecular complexity index is 730. The molecule has 1 aliphatic rings. The van der Waals surface area contributed by atoms with E-state index in [1.807, 2.05) is 24.3 Å².